The highest BCUT2D eigenvalue weighted by Gasteiger charge is 2.22. The van der Waals surface area contributed by atoms with Gasteiger partial charge in [0.2, 0.25) is 0 Å². The molecule has 5 heteroatoms. The van der Waals surface area contributed by atoms with Crippen molar-refractivity contribution < 1.29 is 9.47 Å². The molecule has 1 heterocycles. The zero-order chi connectivity index (χ0) is 19.2. The quantitative estimate of drug-likeness (QED) is 0.731. The molecule has 0 amide bonds. The van der Waals surface area contributed by atoms with Crippen molar-refractivity contribution in [3.8, 4) is 5.75 Å². The fraction of sp³-hybridized carbons (Fsp3) is 0.409. The van der Waals surface area contributed by atoms with Crippen LogP contribution >= 0.6 is 12.2 Å². The number of thiocarbonyl (C=S) groups is 1. The summed E-state index contributed by atoms with van der Waals surface area (Å²) in [5, 5.41) is 4.20. The predicted molar refractivity (Wildman–Crippen MR) is 115 cm³/mol. The van der Waals surface area contributed by atoms with E-state index in [0.29, 0.717) is 6.54 Å². The fourth-order valence-corrected chi connectivity index (χ4v) is 3.68. The summed E-state index contributed by atoms with van der Waals surface area (Å²) in [6.07, 6.45) is 2.43. The number of para-hydroxylation sites is 1. The van der Waals surface area contributed by atoms with Crippen LogP contribution in [0.4, 0.5) is 5.69 Å². The Bertz CT molecular complexity index is 767. The highest BCUT2D eigenvalue weighted by atomic mass is 32.1. The normalized spacial score (nSPS) is 16.2. The maximum atomic E-state index is 5.86. The third-order valence-electron chi connectivity index (χ3n) is 4.96. The molecule has 0 saturated carbocycles. The van der Waals surface area contributed by atoms with E-state index in [9.17, 15) is 0 Å². The monoisotopic (exact) mass is 384 g/mol. The first kappa shape index (κ1) is 19.6. The molecule has 4 nitrogen and oxygen atoms in total. The van der Waals surface area contributed by atoms with Gasteiger partial charge in [-0.05, 0) is 67.7 Å². The lowest BCUT2D eigenvalue weighted by Crippen LogP contribution is -2.39. The Kier molecular flexibility index (Phi) is 6.69. The van der Waals surface area contributed by atoms with Crippen molar-refractivity contribution in [1.29, 1.82) is 0 Å². The summed E-state index contributed by atoms with van der Waals surface area (Å²) in [6.45, 7) is 6.55. The van der Waals surface area contributed by atoms with E-state index in [0.717, 1.165) is 48.1 Å². The molecule has 1 fully saturated rings. The lowest BCUT2D eigenvalue weighted by Gasteiger charge is -2.29. The van der Waals surface area contributed by atoms with Gasteiger partial charge >= 0.3 is 0 Å². The number of nitrogens with zero attached hydrogens (tertiary/aromatic N) is 1. The van der Waals surface area contributed by atoms with Crippen LogP contribution in [0.2, 0.25) is 0 Å². The number of benzene rings is 2. The Labute approximate surface area is 167 Å². The molecule has 2 aromatic rings. The second-order valence-electron chi connectivity index (χ2n) is 7.06. The van der Waals surface area contributed by atoms with E-state index in [1.807, 2.05) is 12.1 Å². The fourth-order valence-electron chi connectivity index (χ4n) is 3.44. The maximum absolute atomic E-state index is 5.86. The van der Waals surface area contributed by atoms with E-state index in [1.54, 1.807) is 7.11 Å². The van der Waals surface area contributed by atoms with Gasteiger partial charge in [0, 0.05) is 25.4 Å². The van der Waals surface area contributed by atoms with E-state index < -0.39 is 0 Å². The van der Waals surface area contributed by atoms with Crippen molar-refractivity contribution >= 4 is 23.0 Å². The van der Waals surface area contributed by atoms with Crippen LogP contribution in [-0.4, -0.2) is 36.4 Å². The molecule has 0 spiro atoms. The number of rotatable bonds is 6. The Hall–Kier alpha value is -2.11. The zero-order valence-corrected chi connectivity index (χ0v) is 17.1. The van der Waals surface area contributed by atoms with Crippen molar-refractivity contribution in [3.63, 3.8) is 0 Å². The molecule has 1 saturated heterocycles. The molecule has 3 rings (SSSR count). The lowest BCUT2D eigenvalue weighted by atomic mass is 10.1. The van der Waals surface area contributed by atoms with Crippen molar-refractivity contribution in [2.45, 2.75) is 39.3 Å². The molecule has 1 N–H and O–H groups in total. The SMILES string of the molecule is COc1cccc(CN(CC2CCCO2)C(=S)Nc2c(C)cccc2C)c1. The summed E-state index contributed by atoms with van der Waals surface area (Å²) < 4.78 is 11.2. The van der Waals surface area contributed by atoms with Crippen LogP contribution in [0.5, 0.6) is 5.75 Å². The predicted octanol–water partition coefficient (Wildman–Crippen LogP) is 4.69. The van der Waals surface area contributed by atoms with Crippen LogP contribution in [0.1, 0.15) is 29.5 Å². The van der Waals surface area contributed by atoms with Gasteiger partial charge in [-0.25, -0.2) is 0 Å². The number of ether oxygens (including phenoxy) is 2. The largest absolute Gasteiger partial charge is 0.497 e. The van der Waals surface area contributed by atoms with Gasteiger partial charge in [0.25, 0.3) is 0 Å². The molecule has 144 valence electrons. The minimum atomic E-state index is 0.230. The number of hydrogen-bond donors (Lipinski definition) is 1. The van der Waals surface area contributed by atoms with Gasteiger partial charge in [0.15, 0.2) is 5.11 Å². The Morgan fingerprint density at radius 1 is 1.22 bits per heavy atom. The summed E-state index contributed by atoms with van der Waals surface area (Å²) in [7, 11) is 1.69. The standard InChI is InChI=1S/C22H28N2O2S/c1-16-7-4-8-17(2)21(16)23-22(27)24(15-20-11-6-12-26-20)14-18-9-5-10-19(13-18)25-3/h4-5,7-10,13,20H,6,11-12,14-15H2,1-3H3,(H,23,27). The molecule has 1 aliphatic rings. The highest BCUT2D eigenvalue weighted by Crippen LogP contribution is 2.22. The summed E-state index contributed by atoms with van der Waals surface area (Å²) >= 11 is 5.80. The summed E-state index contributed by atoms with van der Waals surface area (Å²) in [5.41, 5.74) is 4.63. The van der Waals surface area contributed by atoms with Crippen LogP contribution in [0.3, 0.4) is 0 Å². The van der Waals surface area contributed by atoms with E-state index in [2.05, 4.69) is 54.4 Å². The summed E-state index contributed by atoms with van der Waals surface area (Å²) in [4.78, 5) is 2.20. The Morgan fingerprint density at radius 2 is 1.96 bits per heavy atom. The van der Waals surface area contributed by atoms with Gasteiger partial charge in [-0.3, -0.25) is 0 Å². The molecular formula is C22H28N2O2S. The van der Waals surface area contributed by atoms with Gasteiger partial charge in [0.05, 0.1) is 13.2 Å². The first-order chi connectivity index (χ1) is 13.1. The second kappa shape index (κ2) is 9.20. The molecule has 1 unspecified atom stereocenters. The number of aryl methyl sites for hydroxylation is 2. The molecule has 1 atom stereocenters. The van der Waals surface area contributed by atoms with Gasteiger partial charge in [0.1, 0.15) is 5.75 Å². The zero-order valence-electron chi connectivity index (χ0n) is 16.3. The highest BCUT2D eigenvalue weighted by molar-refractivity contribution is 7.80. The smallest absolute Gasteiger partial charge is 0.173 e. The van der Waals surface area contributed by atoms with Crippen LogP contribution < -0.4 is 10.1 Å². The van der Waals surface area contributed by atoms with E-state index >= 15 is 0 Å². The molecule has 0 aliphatic carbocycles. The average molecular weight is 385 g/mol. The van der Waals surface area contributed by atoms with Crippen LogP contribution in [0.25, 0.3) is 0 Å². The van der Waals surface area contributed by atoms with Crippen LogP contribution in [0, 0.1) is 13.8 Å². The third-order valence-corrected chi connectivity index (χ3v) is 5.32. The molecule has 2 aromatic carbocycles. The van der Waals surface area contributed by atoms with Crippen molar-refractivity contribution in [2.24, 2.45) is 0 Å². The minimum absolute atomic E-state index is 0.230. The lowest BCUT2D eigenvalue weighted by molar-refractivity contribution is 0.0905. The van der Waals surface area contributed by atoms with Gasteiger partial charge < -0.3 is 19.7 Å². The summed E-state index contributed by atoms with van der Waals surface area (Å²) in [6, 6.07) is 14.4. The Balaban J connectivity index is 1.78. The number of nitrogens with one attached hydrogen (secondary N) is 1. The molecule has 0 aromatic heterocycles. The van der Waals surface area contributed by atoms with E-state index in [-0.39, 0.29) is 6.10 Å². The number of anilines is 1. The molecule has 27 heavy (non-hydrogen) atoms. The van der Waals surface area contributed by atoms with E-state index in [1.165, 1.54) is 11.1 Å². The maximum Gasteiger partial charge on any atom is 0.173 e. The van der Waals surface area contributed by atoms with Crippen LogP contribution in [0.15, 0.2) is 42.5 Å². The van der Waals surface area contributed by atoms with Crippen LogP contribution in [-0.2, 0) is 11.3 Å². The first-order valence-electron chi connectivity index (χ1n) is 9.43. The minimum Gasteiger partial charge on any atom is -0.497 e. The van der Waals surface area contributed by atoms with Crippen molar-refractivity contribution in [1.82, 2.24) is 4.90 Å². The van der Waals surface area contributed by atoms with Gasteiger partial charge in [-0.15, -0.1) is 0 Å². The molecule has 0 bridgehead atoms. The summed E-state index contributed by atoms with van der Waals surface area (Å²) in [5.74, 6) is 0.859. The number of hydrogen-bond acceptors (Lipinski definition) is 3. The Morgan fingerprint density at radius 3 is 2.63 bits per heavy atom. The molecule has 0 radical (unpaired) electrons. The van der Waals surface area contributed by atoms with Gasteiger partial charge in [-0.1, -0.05) is 30.3 Å². The molecular weight excluding hydrogens is 356 g/mol. The van der Waals surface area contributed by atoms with E-state index in [4.69, 9.17) is 21.7 Å². The second-order valence-corrected chi connectivity index (χ2v) is 7.45. The van der Waals surface area contributed by atoms with Gasteiger partial charge in [-0.2, -0.15) is 0 Å². The molecule has 1 aliphatic heterocycles. The average Bonchev–Trinajstić information content (AvgIpc) is 3.17. The first-order valence-corrected chi connectivity index (χ1v) is 9.84. The topological polar surface area (TPSA) is 33.7 Å². The van der Waals surface area contributed by atoms with Crippen molar-refractivity contribution in [2.75, 3.05) is 25.6 Å². The third kappa shape index (κ3) is 5.21. The van der Waals surface area contributed by atoms with Crippen molar-refractivity contribution in [3.05, 3.63) is 59.2 Å². The number of methoxy groups -OCH3 is 1.